The van der Waals surface area contributed by atoms with E-state index in [0.717, 1.165) is 13.0 Å². The molecule has 1 amide bonds. The highest BCUT2D eigenvalue weighted by molar-refractivity contribution is 9.09. The van der Waals surface area contributed by atoms with E-state index in [1.54, 1.807) is 4.90 Å². The molecule has 2 atom stereocenters. The third kappa shape index (κ3) is 4.46. The molecule has 0 N–H and O–H groups in total. The number of carbonyl (C=O) groups excluding carboxylic acids is 1. The zero-order valence-corrected chi connectivity index (χ0v) is 16.1. The molecule has 1 aliphatic rings. The van der Waals surface area contributed by atoms with Crippen LogP contribution in [-0.4, -0.2) is 49.9 Å². The van der Waals surface area contributed by atoms with Gasteiger partial charge in [-0.05, 0) is 31.5 Å². The van der Waals surface area contributed by atoms with Crippen molar-refractivity contribution in [3.63, 3.8) is 0 Å². The Morgan fingerprint density at radius 1 is 1.40 bits per heavy atom. The van der Waals surface area contributed by atoms with Gasteiger partial charge in [-0.25, -0.2) is 4.79 Å². The molecule has 0 aromatic rings. The number of piperidine rings is 1. The lowest BCUT2D eigenvalue weighted by molar-refractivity contribution is 0.0599. The van der Waals surface area contributed by atoms with Crippen molar-refractivity contribution in [2.75, 3.05) is 19.7 Å². The van der Waals surface area contributed by atoms with Gasteiger partial charge in [0.2, 0.25) is 0 Å². The Morgan fingerprint density at radius 2 is 2.00 bits per heavy atom. The largest absolute Gasteiger partial charge is 0.450 e. The maximum absolute atomic E-state index is 11.9. The molecule has 0 spiro atoms. The Labute approximate surface area is 132 Å². The molecule has 1 heterocycles. The summed E-state index contributed by atoms with van der Waals surface area (Å²) >= 11 is 3.71. The van der Waals surface area contributed by atoms with Crippen molar-refractivity contribution in [3.8, 4) is 0 Å². The van der Waals surface area contributed by atoms with Gasteiger partial charge in [0.25, 0.3) is 0 Å². The van der Waals surface area contributed by atoms with E-state index in [0.29, 0.717) is 18.0 Å². The van der Waals surface area contributed by atoms with E-state index in [4.69, 9.17) is 9.16 Å². The Kier molecular flexibility index (Phi) is 6.10. The van der Waals surface area contributed by atoms with E-state index < -0.39 is 8.32 Å². The molecule has 1 fully saturated rings. The van der Waals surface area contributed by atoms with Gasteiger partial charge in [0.05, 0.1) is 19.3 Å². The molecule has 6 heteroatoms. The zero-order valence-electron chi connectivity index (χ0n) is 13.5. The normalized spacial score (nSPS) is 24.6. The van der Waals surface area contributed by atoms with Crippen LogP contribution in [0.15, 0.2) is 0 Å². The quantitative estimate of drug-likeness (QED) is 0.560. The zero-order chi connectivity index (χ0) is 15.6. The van der Waals surface area contributed by atoms with Gasteiger partial charge in [0.15, 0.2) is 8.32 Å². The summed E-state index contributed by atoms with van der Waals surface area (Å²) in [4.78, 5) is 13.9. The lowest BCUT2D eigenvalue weighted by atomic mass is 10.1. The molecule has 1 rings (SSSR count). The van der Waals surface area contributed by atoms with E-state index in [1.807, 2.05) is 6.92 Å². The molecular formula is C14H28BrNO3Si. The molecule has 0 aromatic carbocycles. The average molecular weight is 366 g/mol. The van der Waals surface area contributed by atoms with Crippen molar-refractivity contribution in [1.29, 1.82) is 0 Å². The molecule has 1 aliphatic heterocycles. The lowest BCUT2D eigenvalue weighted by Crippen LogP contribution is -2.54. The molecule has 0 saturated carbocycles. The van der Waals surface area contributed by atoms with Crippen LogP contribution in [0.4, 0.5) is 4.79 Å². The number of hydrogen-bond acceptors (Lipinski definition) is 3. The fraction of sp³-hybridized carbons (Fsp3) is 0.929. The summed E-state index contributed by atoms with van der Waals surface area (Å²) in [7, 11) is -1.83. The lowest BCUT2D eigenvalue weighted by Gasteiger charge is -2.43. The second kappa shape index (κ2) is 6.79. The summed E-state index contributed by atoms with van der Waals surface area (Å²) in [5, 5.41) is 0.173. The number of halogens is 1. The van der Waals surface area contributed by atoms with Gasteiger partial charge in [-0.15, -0.1) is 0 Å². The van der Waals surface area contributed by atoms with Gasteiger partial charge >= 0.3 is 6.09 Å². The van der Waals surface area contributed by atoms with E-state index in [2.05, 4.69) is 49.8 Å². The number of carbonyl (C=O) groups is 1. The molecule has 20 heavy (non-hydrogen) atoms. The highest BCUT2D eigenvalue weighted by Crippen LogP contribution is 2.39. The number of alkyl halides is 1. The molecule has 4 nitrogen and oxygen atoms in total. The second-order valence-corrected chi connectivity index (χ2v) is 12.8. The van der Waals surface area contributed by atoms with Crippen LogP contribution in [-0.2, 0) is 9.16 Å². The van der Waals surface area contributed by atoms with E-state index >= 15 is 0 Å². The van der Waals surface area contributed by atoms with Crippen molar-refractivity contribution in [2.45, 2.75) is 63.2 Å². The number of rotatable bonds is 3. The number of hydrogen-bond donors (Lipinski definition) is 0. The summed E-state index contributed by atoms with van der Waals surface area (Å²) in [6.45, 7) is 14.8. The van der Waals surface area contributed by atoms with E-state index in [-0.39, 0.29) is 17.2 Å². The monoisotopic (exact) mass is 365 g/mol. The van der Waals surface area contributed by atoms with E-state index in [9.17, 15) is 4.79 Å². The minimum absolute atomic E-state index is 0.0500. The van der Waals surface area contributed by atoms with Gasteiger partial charge < -0.3 is 14.1 Å². The summed E-state index contributed by atoms with van der Waals surface area (Å²) in [6.07, 6.45) is 0.725. The van der Waals surface area contributed by atoms with Crippen LogP contribution >= 0.6 is 15.9 Å². The number of nitrogens with zero attached hydrogens (tertiary/aromatic N) is 1. The smallest absolute Gasteiger partial charge is 0.409 e. The van der Waals surface area contributed by atoms with Crippen molar-refractivity contribution in [3.05, 3.63) is 0 Å². The maximum atomic E-state index is 11.9. The second-order valence-electron chi connectivity index (χ2n) is 6.87. The van der Waals surface area contributed by atoms with Crippen molar-refractivity contribution >= 4 is 30.3 Å². The number of likely N-dealkylation sites (tertiary alicyclic amines) is 1. The van der Waals surface area contributed by atoms with Crippen LogP contribution in [0.1, 0.15) is 34.1 Å². The standard InChI is InChI=1S/C14H28BrNO3Si/c1-7-18-13(17)16-9-8-11(15)12(10-16)19-20(5,6)14(2,3)4/h11-12H,7-10H2,1-6H3. The number of amides is 1. The first kappa shape index (κ1) is 18.0. The van der Waals surface area contributed by atoms with Crippen molar-refractivity contribution < 1.29 is 14.0 Å². The Morgan fingerprint density at radius 3 is 2.50 bits per heavy atom. The summed E-state index contributed by atoms with van der Waals surface area (Å²) < 4.78 is 11.5. The first-order valence-electron chi connectivity index (χ1n) is 7.32. The molecule has 2 unspecified atom stereocenters. The number of ether oxygens (including phenoxy) is 1. The third-order valence-corrected chi connectivity index (χ3v) is 9.81. The molecule has 0 aliphatic carbocycles. The minimum atomic E-state index is -1.83. The fourth-order valence-corrected chi connectivity index (χ4v) is 3.96. The molecular weight excluding hydrogens is 338 g/mol. The van der Waals surface area contributed by atoms with Crippen LogP contribution < -0.4 is 0 Å². The predicted octanol–water partition coefficient (Wildman–Crippen LogP) is 4.00. The average Bonchev–Trinajstić information content (AvgIpc) is 2.30. The van der Waals surface area contributed by atoms with Gasteiger partial charge in [-0.1, -0.05) is 36.7 Å². The fourth-order valence-electron chi connectivity index (χ4n) is 1.93. The van der Waals surface area contributed by atoms with Crippen LogP contribution in [0, 0.1) is 0 Å². The van der Waals surface area contributed by atoms with Crippen molar-refractivity contribution in [2.24, 2.45) is 0 Å². The summed E-state index contributed by atoms with van der Waals surface area (Å²) in [6, 6.07) is 0. The Bertz CT molecular complexity index is 344. The predicted molar refractivity (Wildman–Crippen MR) is 88.0 cm³/mol. The highest BCUT2D eigenvalue weighted by atomic mass is 79.9. The topological polar surface area (TPSA) is 38.8 Å². The van der Waals surface area contributed by atoms with Crippen LogP contribution in [0.25, 0.3) is 0 Å². The molecule has 0 aromatic heterocycles. The summed E-state index contributed by atoms with van der Waals surface area (Å²) in [5.41, 5.74) is 0. The van der Waals surface area contributed by atoms with Crippen LogP contribution in [0.5, 0.6) is 0 Å². The van der Waals surface area contributed by atoms with E-state index in [1.165, 1.54) is 0 Å². The first-order valence-corrected chi connectivity index (χ1v) is 11.1. The van der Waals surface area contributed by atoms with Crippen molar-refractivity contribution in [1.82, 2.24) is 4.90 Å². The SMILES string of the molecule is CCOC(=O)N1CCC(Br)C(O[Si](C)(C)C(C)(C)C)C1. The van der Waals surface area contributed by atoms with Crippen LogP contribution in [0.3, 0.4) is 0 Å². The molecule has 118 valence electrons. The highest BCUT2D eigenvalue weighted by Gasteiger charge is 2.42. The maximum Gasteiger partial charge on any atom is 0.409 e. The molecule has 0 bridgehead atoms. The van der Waals surface area contributed by atoms with Gasteiger partial charge in [-0.2, -0.15) is 0 Å². The van der Waals surface area contributed by atoms with Gasteiger partial charge in [0.1, 0.15) is 0 Å². The van der Waals surface area contributed by atoms with Gasteiger partial charge in [0, 0.05) is 11.4 Å². The minimum Gasteiger partial charge on any atom is -0.450 e. The third-order valence-electron chi connectivity index (χ3n) is 4.26. The van der Waals surface area contributed by atoms with Gasteiger partial charge in [-0.3, -0.25) is 0 Å². The molecule has 0 radical (unpaired) electrons. The molecule has 1 saturated heterocycles. The Hall–Kier alpha value is -0.0731. The first-order chi connectivity index (χ1) is 9.08. The Balaban J connectivity index is 2.71. The van der Waals surface area contributed by atoms with Crippen LogP contribution in [0.2, 0.25) is 18.1 Å². The summed E-state index contributed by atoms with van der Waals surface area (Å²) in [5.74, 6) is 0.